The molecule has 2 N–H and O–H groups in total. The molecular weight excluding hydrogens is 310 g/mol. The minimum Gasteiger partial charge on any atom is -0.353 e. The number of amides is 1. The monoisotopic (exact) mass is 343 g/mol. The third-order valence-corrected chi connectivity index (χ3v) is 6.03. The van der Waals surface area contributed by atoms with Crippen LogP contribution in [0.25, 0.3) is 0 Å². The molecular formula is C18H34ClN3O. The van der Waals surface area contributed by atoms with E-state index in [1.165, 1.54) is 77.3 Å². The predicted molar refractivity (Wildman–Crippen MR) is 97.1 cm³/mol. The van der Waals surface area contributed by atoms with Crippen molar-refractivity contribution in [2.24, 2.45) is 0 Å². The first kappa shape index (κ1) is 19.0. The summed E-state index contributed by atoms with van der Waals surface area (Å²) in [7, 11) is 0. The van der Waals surface area contributed by atoms with Gasteiger partial charge in [-0.25, -0.2) is 0 Å². The maximum atomic E-state index is 12.5. The van der Waals surface area contributed by atoms with Crippen LogP contribution in [0.3, 0.4) is 0 Å². The first-order valence-electron chi connectivity index (χ1n) is 9.56. The minimum atomic E-state index is 0. The highest BCUT2D eigenvalue weighted by Gasteiger charge is 2.39. The Kier molecular flexibility index (Phi) is 7.64. The smallest absolute Gasteiger partial charge is 0.237 e. The second-order valence-electron chi connectivity index (χ2n) is 7.55. The molecule has 1 unspecified atom stereocenters. The van der Waals surface area contributed by atoms with Crippen LogP contribution in [0.2, 0.25) is 0 Å². The lowest BCUT2D eigenvalue weighted by Crippen LogP contribution is -2.59. The molecule has 3 rings (SSSR count). The number of nitrogens with zero attached hydrogens (tertiary/aromatic N) is 1. The maximum Gasteiger partial charge on any atom is 0.237 e. The van der Waals surface area contributed by atoms with Gasteiger partial charge < -0.3 is 10.6 Å². The molecule has 3 fully saturated rings. The molecule has 1 amide bonds. The minimum absolute atomic E-state index is 0. The second-order valence-corrected chi connectivity index (χ2v) is 7.55. The molecule has 0 aromatic rings. The molecule has 3 aliphatic rings. The summed E-state index contributed by atoms with van der Waals surface area (Å²) >= 11 is 0. The first-order valence-corrected chi connectivity index (χ1v) is 9.56. The van der Waals surface area contributed by atoms with Gasteiger partial charge in [0.15, 0.2) is 0 Å². The largest absolute Gasteiger partial charge is 0.353 e. The number of hydrogen-bond acceptors (Lipinski definition) is 3. The fraction of sp³-hybridized carbons (Fsp3) is 0.944. The zero-order chi connectivity index (χ0) is 15.3. The molecule has 2 saturated heterocycles. The normalized spacial score (nSPS) is 28.6. The van der Waals surface area contributed by atoms with Crippen LogP contribution < -0.4 is 10.6 Å². The highest BCUT2D eigenvalue weighted by molar-refractivity contribution is 5.85. The fourth-order valence-electron chi connectivity index (χ4n) is 4.63. The van der Waals surface area contributed by atoms with Crippen LogP contribution in [-0.2, 0) is 4.79 Å². The van der Waals surface area contributed by atoms with Crippen molar-refractivity contribution in [1.82, 2.24) is 15.5 Å². The van der Waals surface area contributed by atoms with E-state index in [1.54, 1.807) is 0 Å². The summed E-state index contributed by atoms with van der Waals surface area (Å²) in [5.41, 5.74) is 0.253. The van der Waals surface area contributed by atoms with E-state index in [0.717, 1.165) is 19.5 Å². The number of hydrogen-bond donors (Lipinski definition) is 2. The summed E-state index contributed by atoms with van der Waals surface area (Å²) in [6.07, 6.45) is 14.0. The zero-order valence-corrected chi connectivity index (χ0v) is 15.3. The number of carbonyl (C=O) groups is 1. The molecule has 4 nitrogen and oxygen atoms in total. The van der Waals surface area contributed by atoms with E-state index in [-0.39, 0.29) is 29.9 Å². The highest BCUT2D eigenvalue weighted by Crippen LogP contribution is 2.35. The van der Waals surface area contributed by atoms with Gasteiger partial charge >= 0.3 is 0 Å². The molecule has 0 aromatic heterocycles. The van der Waals surface area contributed by atoms with E-state index in [0.29, 0.717) is 0 Å². The lowest BCUT2D eigenvalue weighted by atomic mass is 9.79. The van der Waals surface area contributed by atoms with Crippen molar-refractivity contribution in [1.29, 1.82) is 0 Å². The third-order valence-electron chi connectivity index (χ3n) is 6.03. The Morgan fingerprint density at radius 3 is 2.35 bits per heavy atom. The van der Waals surface area contributed by atoms with Crippen molar-refractivity contribution in [3.8, 4) is 0 Å². The quantitative estimate of drug-likeness (QED) is 0.825. The number of carbonyl (C=O) groups excluding carboxylic acids is 1. The first-order chi connectivity index (χ1) is 10.8. The molecule has 1 saturated carbocycles. The Morgan fingerprint density at radius 2 is 1.70 bits per heavy atom. The van der Waals surface area contributed by atoms with Crippen molar-refractivity contribution < 1.29 is 4.79 Å². The standard InChI is InChI=1S/C18H33N3O.ClH/c22-17(16-9-3-6-12-19-16)20-15-18(10-4-1-5-11-18)21-13-7-2-8-14-21;/h16,19H,1-15H2,(H,20,22);1H. The fourth-order valence-corrected chi connectivity index (χ4v) is 4.63. The van der Waals surface area contributed by atoms with Crippen LogP contribution in [0, 0.1) is 0 Å². The number of likely N-dealkylation sites (tertiary alicyclic amines) is 1. The summed E-state index contributed by atoms with van der Waals surface area (Å²) in [5.74, 6) is 0.238. The van der Waals surface area contributed by atoms with Crippen molar-refractivity contribution in [2.75, 3.05) is 26.2 Å². The average Bonchev–Trinajstić information content (AvgIpc) is 2.62. The van der Waals surface area contributed by atoms with Crippen LogP contribution in [-0.4, -0.2) is 48.6 Å². The third kappa shape index (κ3) is 4.83. The predicted octanol–water partition coefficient (Wildman–Crippen LogP) is 2.86. The summed E-state index contributed by atoms with van der Waals surface area (Å²) in [6.45, 7) is 4.33. The molecule has 0 radical (unpaired) electrons. The molecule has 23 heavy (non-hydrogen) atoms. The van der Waals surface area contributed by atoms with Crippen LogP contribution in [0.5, 0.6) is 0 Å². The summed E-state index contributed by atoms with van der Waals surface area (Å²) in [5, 5.41) is 6.69. The molecule has 1 aliphatic carbocycles. The Labute approximate surface area is 147 Å². The SMILES string of the molecule is Cl.O=C(NCC1(N2CCCCC2)CCCCC1)C1CCCCN1. The van der Waals surface area contributed by atoms with Gasteiger partial charge in [0.2, 0.25) is 5.91 Å². The van der Waals surface area contributed by atoms with Gasteiger partial charge in [0.05, 0.1) is 6.04 Å². The van der Waals surface area contributed by atoms with E-state index in [2.05, 4.69) is 15.5 Å². The number of halogens is 1. The number of piperidine rings is 2. The molecule has 134 valence electrons. The number of nitrogens with one attached hydrogen (secondary N) is 2. The van der Waals surface area contributed by atoms with Gasteiger partial charge in [-0.2, -0.15) is 0 Å². The molecule has 5 heteroatoms. The van der Waals surface area contributed by atoms with Crippen LogP contribution in [0.4, 0.5) is 0 Å². The van der Waals surface area contributed by atoms with Crippen molar-refractivity contribution >= 4 is 18.3 Å². The van der Waals surface area contributed by atoms with E-state index < -0.39 is 0 Å². The average molecular weight is 344 g/mol. The summed E-state index contributed by atoms with van der Waals surface area (Å²) in [4.78, 5) is 15.2. The van der Waals surface area contributed by atoms with Crippen LogP contribution in [0.15, 0.2) is 0 Å². The van der Waals surface area contributed by atoms with Gasteiger partial charge in [0.25, 0.3) is 0 Å². The van der Waals surface area contributed by atoms with Gasteiger partial charge in [-0.05, 0) is 58.2 Å². The zero-order valence-electron chi connectivity index (χ0n) is 14.4. The Morgan fingerprint density at radius 1 is 1.00 bits per heavy atom. The second kappa shape index (κ2) is 9.24. The van der Waals surface area contributed by atoms with Crippen molar-refractivity contribution in [2.45, 2.75) is 82.2 Å². The highest BCUT2D eigenvalue weighted by atomic mass is 35.5. The lowest BCUT2D eigenvalue weighted by molar-refractivity contribution is -0.124. The van der Waals surface area contributed by atoms with Gasteiger partial charge in [-0.1, -0.05) is 32.1 Å². The van der Waals surface area contributed by atoms with Gasteiger partial charge in [-0.3, -0.25) is 9.69 Å². The molecule has 2 heterocycles. The molecule has 0 aromatic carbocycles. The van der Waals surface area contributed by atoms with Gasteiger partial charge in [0.1, 0.15) is 0 Å². The van der Waals surface area contributed by atoms with E-state index in [1.807, 2.05) is 0 Å². The maximum absolute atomic E-state index is 12.5. The topological polar surface area (TPSA) is 44.4 Å². The van der Waals surface area contributed by atoms with Crippen LogP contribution in [0.1, 0.15) is 70.6 Å². The Bertz CT molecular complexity index is 359. The van der Waals surface area contributed by atoms with Crippen molar-refractivity contribution in [3.63, 3.8) is 0 Å². The van der Waals surface area contributed by atoms with E-state index >= 15 is 0 Å². The van der Waals surface area contributed by atoms with Crippen molar-refractivity contribution in [3.05, 3.63) is 0 Å². The van der Waals surface area contributed by atoms with E-state index in [4.69, 9.17) is 0 Å². The molecule has 0 spiro atoms. The van der Waals surface area contributed by atoms with Gasteiger partial charge in [0, 0.05) is 12.1 Å². The summed E-state index contributed by atoms with van der Waals surface area (Å²) < 4.78 is 0. The van der Waals surface area contributed by atoms with E-state index in [9.17, 15) is 4.79 Å². The summed E-state index contributed by atoms with van der Waals surface area (Å²) in [6, 6.07) is 0.0516. The van der Waals surface area contributed by atoms with Gasteiger partial charge in [-0.15, -0.1) is 12.4 Å². The number of rotatable bonds is 4. The molecule has 1 atom stereocenters. The van der Waals surface area contributed by atoms with Crippen LogP contribution >= 0.6 is 12.4 Å². The Balaban J connectivity index is 0.00000192. The Hall–Kier alpha value is -0.320. The molecule has 2 aliphatic heterocycles. The lowest BCUT2D eigenvalue weighted by Gasteiger charge is -2.48. The molecule has 0 bridgehead atoms.